The molecule has 1 saturated heterocycles. The van der Waals surface area contributed by atoms with Gasteiger partial charge in [0.2, 0.25) is 0 Å². The van der Waals surface area contributed by atoms with Crippen LogP contribution in [0.4, 0.5) is 0 Å². The molecule has 1 aliphatic rings. The highest BCUT2D eigenvalue weighted by Gasteiger charge is 2.26. The third kappa shape index (κ3) is 3.22. The van der Waals surface area contributed by atoms with Gasteiger partial charge in [-0.25, -0.2) is 4.68 Å². The molecule has 1 unspecified atom stereocenters. The number of carbonyl (C=O) groups excluding carboxylic acids is 1. The zero-order valence-corrected chi connectivity index (χ0v) is 16.9. The molecule has 3 heterocycles. The lowest BCUT2D eigenvalue weighted by molar-refractivity contribution is 0.0661. The molecule has 2 aromatic heterocycles. The van der Waals surface area contributed by atoms with Crippen molar-refractivity contribution < 1.29 is 4.79 Å². The number of para-hydroxylation sites is 1. The van der Waals surface area contributed by atoms with Gasteiger partial charge in [0.15, 0.2) is 0 Å². The van der Waals surface area contributed by atoms with Crippen LogP contribution in [0.3, 0.4) is 0 Å². The molecule has 138 valence electrons. The topological polar surface area (TPSA) is 50.2 Å². The second kappa shape index (κ2) is 7.56. The molecule has 26 heavy (non-hydrogen) atoms. The van der Waals surface area contributed by atoms with E-state index in [4.69, 9.17) is 11.6 Å². The van der Waals surface area contributed by atoms with E-state index < -0.39 is 0 Å². The third-order valence-electron chi connectivity index (χ3n) is 4.60. The van der Waals surface area contributed by atoms with Gasteiger partial charge in [0.05, 0.1) is 21.3 Å². The van der Waals surface area contributed by atoms with Gasteiger partial charge >= 0.3 is 0 Å². The van der Waals surface area contributed by atoms with Crippen molar-refractivity contribution in [2.24, 2.45) is 0 Å². The van der Waals surface area contributed by atoms with Crippen LogP contribution in [0.5, 0.6) is 0 Å². The SMILES string of the molecule is Cc1nn(-c2ccccc2Cl)c2sc(C(=O)N3CCNCC3C)cc12.Cl. The summed E-state index contributed by atoms with van der Waals surface area (Å²) in [4.78, 5) is 16.6. The fraction of sp³-hybridized carbons (Fsp3) is 0.333. The summed E-state index contributed by atoms with van der Waals surface area (Å²) in [6.07, 6.45) is 0. The van der Waals surface area contributed by atoms with Gasteiger partial charge in [-0.15, -0.1) is 23.7 Å². The van der Waals surface area contributed by atoms with Crippen LogP contribution < -0.4 is 5.32 Å². The molecular formula is C18H20Cl2N4OS. The Hall–Kier alpha value is -1.60. The summed E-state index contributed by atoms with van der Waals surface area (Å²) in [6, 6.07) is 9.79. The summed E-state index contributed by atoms with van der Waals surface area (Å²) < 4.78 is 1.84. The second-order valence-electron chi connectivity index (χ2n) is 6.33. The minimum atomic E-state index is 0. The largest absolute Gasteiger partial charge is 0.333 e. The lowest BCUT2D eigenvalue weighted by Gasteiger charge is -2.33. The maximum Gasteiger partial charge on any atom is 0.264 e. The summed E-state index contributed by atoms with van der Waals surface area (Å²) in [5, 5.41) is 9.59. The van der Waals surface area contributed by atoms with Crippen molar-refractivity contribution in [3.63, 3.8) is 0 Å². The first-order valence-electron chi connectivity index (χ1n) is 8.32. The van der Waals surface area contributed by atoms with Crippen LogP contribution in [0.15, 0.2) is 30.3 Å². The summed E-state index contributed by atoms with van der Waals surface area (Å²) in [7, 11) is 0. The van der Waals surface area contributed by atoms with E-state index >= 15 is 0 Å². The van der Waals surface area contributed by atoms with Gasteiger partial charge in [0, 0.05) is 31.1 Å². The second-order valence-corrected chi connectivity index (χ2v) is 7.77. The lowest BCUT2D eigenvalue weighted by Crippen LogP contribution is -2.52. The zero-order chi connectivity index (χ0) is 17.6. The first-order chi connectivity index (χ1) is 12.1. The molecule has 1 atom stereocenters. The predicted octanol–water partition coefficient (Wildman–Crippen LogP) is 3.90. The van der Waals surface area contributed by atoms with Crippen LogP contribution in [0.1, 0.15) is 22.3 Å². The van der Waals surface area contributed by atoms with E-state index in [1.807, 2.05) is 46.8 Å². The first kappa shape index (κ1) is 19.2. The third-order valence-corrected chi connectivity index (χ3v) is 6.02. The van der Waals surface area contributed by atoms with Crippen molar-refractivity contribution in [2.45, 2.75) is 19.9 Å². The maximum atomic E-state index is 13.0. The highest BCUT2D eigenvalue weighted by molar-refractivity contribution is 7.20. The molecule has 0 saturated carbocycles. The van der Waals surface area contributed by atoms with Crippen LogP contribution in [0.25, 0.3) is 15.9 Å². The van der Waals surface area contributed by atoms with E-state index in [0.717, 1.165) is 46.1 Å². The number of benzene rings is 1. The standard InChI is InChI=1S/C18H19ClN4OS.ClH/c1-11-10-20-7-8-22(11)17(24)16-9-13-12(2)21-23(18(13)25-16)15-6-4-3-5-14(15)19;/h3-6,9,11,20H,7-8,10H2,1-2H3;1H. The zero-order valence-electron chi connectivity index (χ0n) is 14.5. The monoisotopic (exact) mass is 410 g/mol. The first-order valence-corrected chi connectivity index (χ1v) is 9.51. The van der Waals surface area contributed by atoms with Gasteiger partial charge in [-0.2, -0.15) is 5.10 Å². The van der Waals surface area contributed by atoms with Crippen molar-refractivity contribution in [3.8, 4) is 5.69 Å². The average Bonchev–Trinajstić information content (AvgIpc) is 3.16. The number of nitrogens with zero attached hydrogens (tertiary/aromatic N) is 3. The number of hydrogen-bond donors (Lipinski definition) is 1. The van der Waals surface area contributed by atoms with E-state index in [9.17, 15) is 4.79 Å². The predicted molar refractivity (Wildman–Crippen MR) is 109 cm³/mol. The number of rotatable bonds is 2. The Kier molecular flexibility index (Phi) is 5.58. The molecule has 0 radical (unpaired) electrons. The average molecular weight is 411 g/mol. The number of amides is 1. The molecule has 3 aromatic rings. The molecule has 1 N–H and O–H groups in total. The van der Waals surface area contributed by atoms with Crippen molar-refractivity contribution in [2.75, 3.05) is 19.6 Å². The van der Waals surface area contributed by atoms with E-state index in [1.54, 1.807) is 0 Å². The maximum absolute atomic E-state index is 13.0. The smallest absolute Gasteiger partial charge is 0.264 e. The van der Waals surface area contributed by atoms with Crippen LogP contribution in [-0.2, 0) is 0 Å². The molecule has 4 rings (SSSR count). The summed E-state index contributed by atoms with van der Waals surface area (Å²) in [6.45, 7) is 6.46. The number of thiophene rings is 1. The van der Waals surface area contributed by atoms with Gasteiger partial charge in [0.25, 0.3) is 5.91 Å². The highest BCUT2D eigenvalue weighted by atomic mass is 35.5. The van der Waals surface area contributed by atoms with E-state index in [2.05, 4.69) is 17.3 Å². The molecule has 1 fully saturated rings. The van der Waals surface area contributed by atoms with Gasteiger partial charge in [-0.3, -0.25) is 4.79 Å². The van der Waals surface area contributed by atoms with Gasteiger partial charge in [0.1, 0.15) is 4.83 Å². The lowest BCUT2D eigenvalue weighted by atomic mass is 10.2. The van der Waals surface area contributed by atoms with Gasteiger partial charge in [-0.05, 0) is 32.0 Å². The quantitative estimate of drug-likeness (QED) is 0.696. The number of halogens is 2. The molecule has 0 spiro atoms. The van der Waals surface area contributed by atoms with Crippen molar-refractivity contribution in [3.05, 3.63) is 45.9 Å². The molecular weight excluding hydrogens is 391 g/mol. The fourth-order valence-electron chi connectivity index (χ4n) is 3.22. The van der Waals surface area contributed by atoms with E-state index in [1.165, 1.54) is 11.3 Å². The van der Waals surface area contributed by atoms with E-state index in [-0.39, 0.29) is 24.4 Å². The molecule has 0 bridgehead atoms. The van der Waals surface area contributed by atoms with Crippen LogP contribution >= 0.6 is 35.3 Å². The minimum absolute atomic E-state index is 0. The van der Waals surface area contributed by atoms with Gasteiger partial charge < -0.3 is 10.2 Å². The Morgan fingerprint density at radius 1 is 1.38 bits per heavy atom. The van der Waals surface area contributed by atoms with Crippen molar-refractivity contribution in [1.29, 1.82) is 0 Å². The van der Waals surface area contributed by atoms with E-state index in [0.29, 0.717) is 5.02 Å². The fourth-order valence-corrected chi connectivity index (χ4v) is 4.57. The van der Waals surface area contributed by atoms with Crippen LogP contribution in [0.2, 0.25) is 5.02 Å². The molecule has 5 nitrogen and oxygen atoms in total. The Bertz CT molecular complexity index is 952. The minimum Gasteiger partial charge on any atom is -0.333 e. The molecule has 1 aliphatic heterocycles. The molecule has 1 amide bonds. The highest BCUT2D eigenvalue weighted by Crippen LogP contribution is 2.33. The number of nitrogens with one attached hydrogen (secondary N) is 1. The Balaban J connectivity index is 0.00000196. The van der Waals surface area contributed by atoms with Crippen LogP contribution in [0, 0.1) is 6.92 Å². The normalized spacial score (nSPS) is 17.3. The summed E-state index contributed by atoms with van der Waals surface area (Å²) >= 11 is 7.82. The number of aryl methyl sites for hydroxylation is 1. The number of hydrogen-bond acceptors (Lipinski definition) is 4. The Morgan fingerprint density at radius 2 is 2.15 bits per heavy atom. The number of aromatic nitrogens is 2. The number of fused-ring (bicyclic) bond motifs is 1. The number of carbonyl (C=O) groups is 1. The Labute approximate surface area is 167 Å². The van der Waals surface area contributed by atoms with Crippen molar-refractivity contribution in [1.82, 2.24) is 20.0 Å². The summed E-state index contributed by atoms with van der Waals surface area (Å²) in [5.41, 5.74) is 1.73. The number of piperazine rings is 1. The summed E-state index contributed by atoms with van der Waals surface area (Å²) in [5.74, 6) is 0.0975. The van der Waals surface area contributed by atoms with Crippen LogP contribution in [-0.4, -0.2) is 46.3 Å². The molecule has 8 heteroatoms. The molecule has 0 aliphatic carbocycles. The van der Waals surface area contributed by atoms with Crippen molar-refractivity contribution >= 4 is 51.5 Å². The molecule has 1 aromatic carbocycles. The van der Waals surface area contributed by atoms with Gasteiger partial charge in [-0.1, -0.05) is 23.7 Å². The Morgan fingerprint density at radius 3 is 2.88 bits per heavy atom.